The van der Waals surface area contributed by atoms with Crippen molar-refractivity contribution < 1.29 is 18.3 Å². The van der Waals surface area contributed by atoms with Crippen LogP contribution in [0, 0.1) is 0 Å². The third-order valence-corrected chi connectivity index (χ3v) is 8.23. The number of hydrogen-bond donors (Lipinski definition) is 3. The molecule has 2 unspecified atom stereocenters. The molecule has 1 aromatic heterocycles. The molecule has 2 aromatic rings. The molecule has 1 aromatic carbocycles. The van der Waals surface area contributed by atoms with Gasteiger partial charge in [-0.3, -0.25) is 4.90 Å². The predicted molar refractivity (Wildman–Crippen MR) is 137 cm³/mol. The normalized spacial score (nSPS) is 21.4. The molecule has 2 atom stereocenters. The first-order valence-corrected chi connectivity index (χ1v) is 14.3. The van der Waals surface area contributed by atoms with Crippen molar-refractivity contribution in [1.82, 2.24) is 29.8 Å². The molecule has 12 heteroatoms. The summed E-state index contributed by atoms with van der Waals surface area (Å²) in [5, 5.41) is 26.9. The quantitative estimate of drug-likeness (QED) is 0.448. The van der Waals surface area contributed by atoms with Crippen LogP contribution < -0.4 is 10.0 Å². The second kappa shape index (κ2) is 11.1. The third kappa shape index (κ3) is 6.41. The molecule has 1 aliphatic heterocycles. The molecule has 2 heterocycles. The van der Waals surface area contributed by atoms with Gasteiger partial charge in [0.25, 0.3) is 0 Å². The van der Waals surface area contributed by atoms with Gasteiger partial charge in [-0.05, 0) is 82.1 Å². The summed E-state index contributed by atoms with van der Waals surface area (Å²) < 4.78 is 35.1. The number of benzene rings is 1. The molecule has 3 N–H and O–H groups in total. The van der Waals surface area contributed by atoms with Crippen molar-refractivity contribution in [3.8, 4) is 11.4 Å². The largest absolute Gasteiger partial charge is 0.382 e. The molecule has 0 bridgehead atoms. The van der Waals surface area contributed by atoms with Crippen LogP contribution in [0.3, 0.4) is 0 Å². The monoisotopic (exact) mass is 521 g/mol. The van der Waals surface area contributed by atoms with E-state index < -0.39 is 22.0 Å². The topological polar surface area (TPSA) is 134 Å². The van der Waals surface area contributed by atoms with E-state index in [1.807, 2.05) is 25.7 Å². The number of nitrogens with zero attached hydrogens (tertiary/aromatic N) is 5. The molecule has 11 nitrogen and oxygen atoms in total. The Hall–Kier alpha value is -2.12. The van der Waals surface area contributed by atoms with Crippen molar-refractivity contribution in [2.24, 2.45) is 0 Å². The number of hydrogen-bond acceptors (Lipinski definition) is 9. The lowest BCUT2D eigenvalue weighted by atomic mass is 9.95. The number of sulfonamides is 1. The summed E-state index contributed by atoms with van der Waals surface area (Å²) in [4.78, 5) is 2.04. The molecule has 2 aliphatic rings. The molecule has 2 fully saturated rings. The van der Waals surface area contributed by atoms with Crippen LogP contribution in [0.2, 0.25) is 0 Å². The maximum atomic E-state index is 12.6. The summed E-state index contributed by atoms with van der Waals surface area (Å²) in [5.41, 5.74) is 0.980. The van der Waals surface area contributed by atoms with Gasteiger partial charge in [-0.2, -0.15) is 0 Å². The average Bonchev–Trinajstić information content (AvgIpc) is 3.34. The minimum atomic E-state index is -3.65. The zero-order valence-electron chi connectivity index (χ0n) is 21.6. The summed E-state index contributed by atoms with van der Waals surface area (Å²) >= 11 is 0. The first kappa shape index (κ1) is 26.9. The molecule has 1 saturated carbocycles. The van der Waals surface area contributed by atoms with Crippen LogP contribution in [0.15, 0.2) is 23.1 Å². The zero-order chi connectivity index (χ0) is 25.9. The Morgan fingerprint density at radius 1 is 1.14 bits per heavy atom. The fraction of sp³-hybridized carbons (Fsp3) is 0.708. The Balaban J connectivity index is 1.66. The average molecular weight is 522 g/mol. The highest BCUT2D eigenvalue weighted by Crippen LogP contribution is 2.34. The highest BCUT2D eigenvalue weighted by molar-refractivity contribution is 7.89. The number of rotatable bonds is 8. The van der Waals surface area contributed by atoms with E-state index in [-0.39, 0.29) is 10.9 Å². The number of aromatic nitrogens is 4. The number of ether oxygens (including phenoxy) is 1. The van der Waals surface area contributed by atoms with Gasteiger partial charge in [0.05, 0.1) is 16.5 Å². The maximum absolute atomic E-state index is 12.6. The van der Waals surface area contributed by atoms with E-state index in [1.54, 1.807) is 22.9 Å². The van der Waals surface area contributed by atoms with E-state index in [2.05, 4.69) is 25.6 Å². The van der Waals surface area contributed by atoms with Gasteiger partial charge in [0.15, 0.2) is 5.82 Å². The number of nitrogens with one attached hydrogen (secondary N) is 2. The fourth-order valence-corrected chi connectivity index (χ4v) is 5.73. The predicted octanol–water partition coefficient (Wildman–Crippen LogP) is 2.72. The van der Waals surface area contributed by atoms with Crippen molar-refractivity contribution in [1.29, 1.82) is 0 Å². The highest BCUT2D eigenvalue weighted by atomic mass is 32.2. The van der Waals surface area contributed by atoms with Crippen LogP contribution in [0.4, 0.5) is 5.69 Å². The van der Waals surface area contributed by atoms with Crippen molar-refractivity contribution in [2.45, 2.75) is 94.7 Å². The van der Waals surface area contributed by atoms with Gasteiger partial charge in [-0.25, -0.2) is 17.8 Å². The van der Waals surface area contributed by atoms with Crippen molar-refractivity contribution in [3.05, 3.63) is 18.2 Å². The molecule has 1 saturated heterocycles. The summed E-state index contributed by atoms with van der Waals surface area (Å²) in [6, 6.07) is 5.27. The SMILES string of the molecule is CNS(=O)(=O)c1ccc(NC2CCCCC2)c(-c2nnnn2C2CCCN(C(O)OC(C)(C)C)C2)c1. The van der Waals surface area contributed by atoms with Gasteiger partial charge in [-0.1, -0.05) is 19.3 Å². The molecular formula is C24H39N7O4S. The highest BCUT2D eigenvalue weighted by Gasteiger charge is 2.31. The number of aliphatic hydroxyl groups is 1. The van der Waals surface area contributed by atoms with Crippen LogP contribution in [0.5, 0.6) is 0 Å². The van der Waals surface area contributed by atoms with E-state index >= 15 is 0 Å². The number of anilines is 1. The summed E-state index contributed by atoms with van der Waals surface area (Å²) in [5.74, 6) is 0.500. The fourth-order valence-electron chi connectivity index (χ4n) is 4.98. The Labute approximate surface area is 213 Å². The van der Waals surface area contributed by atoms with Crippen molar-refractivity contribution in [2.75, 3.05) is 25.5 Å². The third-order valence-electron chi connectivity index (χ3n) is 6.81. The summed E-state index contributed by atoms with van der Waals surface area (Å²) in [7, 11) is -2.25. The minimum Gasteiger partial charge on any atom is -0.382 e. The van der Waals surface area contributed by atoms with E-state index in [1.165, 1.54) is 26.3 Å². The first-order chi connectivity index (χ1) is 17.1. The van der Waals surface area contributed by atoms with Crippen LogP contribution >= 0.6 is 0 Å². The van der Waals surface area contributed by atoms with E-state index in [9.17, 15) is 13.5 Å². The van der Waals surface area contributed by atoms with Crippen molar-refractivity contribution in [3.63, 3.8) is 0 Å². The first-order valence-electron chi connectivity index (χ1n) is 12.8. The van der Waals surface area contributed by atoms with Crippen molar-refractivity contribution >= 4 is 15.7 Å². The Bertz CT molecular complexity index is 1130. The van der Waals surface area contributed by atoms with Gasteiger partial charge in [-0.15, -0.1) is 5.10 Å². The Morgan fingerprint density at radius 2 is 1.89 bits per heavy atom. The lowest BCUT2D eigenvalue weighted by molar-refractivity contribution is -0.244. The second-order valence-electron chi connectivity index (χ2n) is 10.7. The minimum absolute atomic E-state index is 0.103. The summed E-state index contributed by atoms with van der Waals surface area (Å²) in [6.45, 7) is 6.93. The molecule has 36 heavy (non-hydrogen) atoms. The van der Waals surface area contributed by atoms with Gasteiger partial charge >= 0.3 is 0 Å². The molecule has 4 rings (SSSR count). The van der Waals surface area contributed by atoms with Gasteiger partial charge in [0.1, 0.15) is 0 Å². The number of likely N-dealkylation sites (tertiary alicyclic amines) is 1. The lowest BCUT2D eigenvalue weighted by Gasteiger charge is -2.37. The summed E-state index contributed by atoms with van der Waals surface area (Å²) in [6.07, 6.45) is 6.38. The second-order valence-corrected chi connectivity index (χ2v) is 12.6. The van der Waals surface area contributed by atoms with E-state index in [0.29, 0.717) is 30.5 Å². The van der Waals surface area contributed by atoms with Gasteiger partial charge < -0.3 is 15.2 Å². The smallest absolute Gasteiger partial charge is 0.240 e. The molecular weight excluding hydrogens is 482 g/mol. The Kier molecular flexibility index (Phi) is 8.30. The molecule has 1 aliphatic carbocycles. The standard InChI is InChI=1S/C24H39N7O4S/c1-24(2,3)35-23(32)30-14-8-11-18(16-30)31-22(27-28-29-31)20-15-19(36(33,34)25-4)12-13-21(20)26-17-9-6-5-7-10-17/h12-13,15,17-18,23,25-26,32H,5-11,14,16H2,1-4H3. The van der Waals surface area contributed by atoms with Crippen LogP contribution in [0.1, 0.15) is 71.8 Å². The van der Waals surface area contributed by atoms with Crippen LogP contribution in [-0.4, -0.2) is 76.8 Å². The lowest BCUT2D eigenvalue weighted by Crippen LogP contribution is -2.47. The molecule has 0 amide bonds. The van der Waals surface area contributed by atoms with Crippen LogP contribution in [0.25, 0.3) is 11.4 Å². The molecule has 0 radical (unpaired) electrons. The zero-order valence-corrected chi connectivity index (χ0v) is 22.5. The van der Waals surface area contributed by atoms with Gasteiger partial charge in [0.2, 0.25) is 16.4 Å². The molecule has 0 spiro atoms. The van der Waals surface area contributed by atoms with Crippen LogP contribution in [-0.2, 0) is 14.8 Å². The maximum Gasteiger partial charge on any atom is 0.240 e. The number of tetrazole rings is 1. The van der Waals surface area contributed by atoms with E-state index in [4.69, 9.17) is 4.74 Å². The Morgan fingerprint density at radius 3 is 2.58 bits per heavy atom. The number of piperidine rings is 1. The molecule has 200 valence electrons. The van der Waals surface area contributed by atoms with Gasteiger partial charge in [0, 0.05) is 30.4 Å². The van der Waals surface area contributed by atoms with E-state index in [0.717, 1.165) is 31.4 Å². The number of aliphatic hydroxyl groups excluding tert-OH is 1.